The maximum Gasteiger partial charge on any atom is 0.0440 e. The van der Waals surface area contributed by atoms with Gasteiger partial charge in [-0.2, -0.15) is 0 Å². The zero-order valence-electron chi connectivity index (χ0n) is 6.97. The fourth-order valence-electron chi connectivity index (χ4n) is 0.679. The van der Waals surface area contributed by atoms with Gasteiger partial charge in [0.05, 0.1) is 0 Å². The molecule has 0 heterocycles. The Morgan fingerprint density at radius 3 is 2.36 bits per heavy atom. The van der Waals surface area contributed by atoms with Crippen molar-refractivity contribution in [3.8, 4) is 11.8 Å². The van der Waals surface area contributed by atoms with E-state index in [-0.39, 0.29) is 6.61 Å². The van der Waals surface area contributed by atoms with Crippen molar-refractivity contribution < 1.29 is 5.11 Å². The third-order valence-corrected chi connectivity index (χ3v) is 1.29. The van der Waals surface area contributed by atoms with Gasteiger partial charge in [-0.15, -0.1) is 18.4 Å². The van der Waals surface area contributed by atoms with E-state index in [0.717, 1.165) is 32.1 Å². The second kappa shape index (κ2) is 9.26. The minimum Gasteiger partial charge on any atom is -0.396 e. The van der Waals surface area contributed by atoms with Crippen molar-refractivity contribution in [3.05, 3.63) is 12.7 Å². The first-order chi connectivity index (χ1) is 5.41. The molecule has 0 rings (SSSR count). The number of allylic oxidation sites excluding steroid dienone is 1. The fourth-order valence-corrected chi connectivity index (χ4v) is 0.679. The largest absolute Gasteiger partial charge is 0.396 e. The summed E-state index contributed by atoms with van der Waals surface area (Å²) in [5, 5.41) is 8.43. The maximum absolute atomic E-state index is 8.43. The first kappa shape index (κ1) is 10.3. The van der Waals surface area contributed by atoms with Crippen molar-refractivity contribution in [2.45, 2.75) is 32.1 Å². The smallest absolute Gasteiger partial charge is 0.0440 e. The van der Waals surface area contributed by atoms with Gasteiger partial charge in [-0.25, -0.2) is 0 Å². The monoisotopic (exact) mass is 152 g/mol. The summed E-state index contributed by atoms with van der Waals surface area (Å²) in [6, 6.07) is 0. The fraction of sp³-hybridized carbons (Fsp3) is 0.600. The molecule has 1 heteroatoms. The Bertz CT molecular complexity index is 139. The van der Waals surface area contributed by atoms with E-state index in [9.17, 15) is 0 Å². The van der Waals surface area contributed by atoms with Crippen LogP contribution in [0.3, 0.4) is 0 Å². The van der Waals surface area contributed by atoms with Gasteiger partial charge in [0.15, 0.2) is 0 Å². The third kappa shape index (κ3) is 9.26. The van der Waals surface area contributed by atoms with E-state index < -0.39 is 0 Å². The van der Waals surface area contributed by atoms with Crippen LogP contribution in [-0.4, -0.2) is 11.7 Å². The van der Waals surface area contributed by atoms with Crippen LogP contribution in [0.5, 0.6) is 0 Å². The lowest BCUT2D eigenvalue weighted by molar-refractivity contribution is 0.290. The van der Waals surface area contributed by atoms with Crippen LogP contribution in [-0.2, 0) is 0 Å². The van der Waals surface area contributed by atoms with Crippen LogP contribution in [0.25, 0.3) is 0 Å². The second-order valence-electron chi connectivity index (χ2n) is 2.36. The second-order valence-corrected chi connectivity index (χ2v) is 2.36. The molecule has 0 aliphatic heterocycles. The number of hydrogen-bond acceptors (Lipinski definition) is 1. The van der Waals surface area contributed by atoms with Gasteiger partial charge in [-0.05, 0) is 19.3 Å². The first-order valence-electron chi connectivity index (χ1n) is 4.09. The average molecular weight is 152 g/mol. The summed E-state index contributed by atoms with van der Waals surface area (Å²) in [6.45, 7) is 3.88. The van der Waals surface area contributed by atoms with Gasteiger partial charge in [0, 0.05) is 19.4 Å². The highest BCUT2D eigenvalue weighted by Gasteiger charge is 1.79. The van der Waals surface area contributed by atoms with Crippen molar-refractivity contribution in [2.75, 3.05) is 6.61 Å². The lowest BCUT2D eigenvalue weighted by Gasteiger charge is -1.86. The topological polar surface area (TPSA) is 20.2 Å². The molecule has 0 saturated heterocycles. The van der Waals surface area contributed by atoms with Crippen LogP contribution in [0.1, 0.15) is 32.1 Å². The number of aliphatic hydroxyl groups excluding tert-OH is 1. The molecule has 0 saturated carbocycles. The van der Waals surface area contributed by atoms with Crippen molar-refractivity contribution in [1.82, 2.24) is 0 Å². The third-order valence-electron chi connectivity index (χ3n) is 1.29. The van der Waals surface area contributed by atoms with Crippen LogP contribution in [0, 0.1) is 11.8 Å². The van der Waals surface area contributed by atoms with E-state index in [1.165, 1.54) is 0 Å². The predicted octanol–water partition coefficient (Wildman–Crippen LogP) is 2.12. The molecule has 0 amide bonds. The number of aliphatic hydroxyl groups is 1. The highest BCUT2D eigenvalue weighted by Crippen LogP contribution is 1.93. The van der Waals surface area contributed by atoms with Gasteiger partial charge in [0.2, 0.25) is 0 Å². The summed E-state index contributed by atoms with van der Waals surface area (Å²) >= 11 is 0. The SMILES string of the molecule is C=CCCCC#CCCCO. The molecule has 0 radical (unpaired) electrons. The molecule has 62 valence electrons. The summed E-state index contributed by atoms with van der Waals surface area (Å²) in [4.78, 5) is 0. The molecule has 1 nitrogen and oxygen atoms in total. The Balaban J connectivity index is 3.05. The van der Waals surface area contributed by atoms with Crippen LogP contribution < -0.4 is 0 Å². The Kier molecular flexibility index (Phi) is 8.64. The minimum atomic E-state index is 0.251. The standard InChI is InChI=1S/C10H16O/c1-2-3-4-5-6-7-8-9-10-11/h2,11H,1,3-5,8-10H2. The summed E-state index contributed by atoms with van der Waals surface area (Å²) in [5.74, 6) is 6.05. The van der Waals surface area contributed by atoms with E-state index in [1.807, 2.05) is 6.08 Å². The van der Waals surface area contributed by atoms with Crippen molar-refractivity contribution in [1.29, 1.82) is 0 Å². The van der Waals surface area contributed by atoms with Gasteiger partial charge in [0.1, 0.15) is 0 Å². The van der Waals surface area contributed by atoms with Crippen molar-refractivity contribution in [3.63, 3.8) is 0 Å². The molecule has 0 aromatic heterocycles. The lowest BCUT2D eigenvalue weighted by Crippen LogP contribution is -1.78. The van der Waals surface area contributed by atoms with Gasteiger partial charge >= 0.3 is 0 Å². The number of unbranched alkanes of at least 4 members (excludes halogenated alkanes) is 3. The summed E-state index contributed by atoms with van der Waals surface area (Å²) in [7, 11) is 0. The molecular weight excluding hydrogens is 136 g/mol. The van der Waals surface area contributed by atoms with Gasteiger partial charge in [0.25, 0.3) is 0 Å². The van der Waals surface area contributed by atoms with Gasteiger partial charge < -0.3 is 5.11 Å². The summed E-state index contributed by atoms with van der Waals surface area (Å²) < 4.78 is 0. The Morgan fingerprint density at radius 2 is 1.82 bits per heavy atom. The van der Waals surface area contributed by atoms with Gasteiger partial charge in [-0.3, -0.25) is 0 Å². The number of rotatable bonds is 5. The normalized spacial score (nSPS) is 8.45. The van der Waals surface area contributed by atoms with Crippen LogP contribution in [0.15, 0.2) is 12.7 Å². The molecule has 0 unspecified atom stereocenters. The summed E-state index contributed by atoms with van der Waals surface area (Å²) in [6.07, 6.45) is 6.65. The van der Waals surface area contributed by atoms with E-state index in [1.54, 1.807) is 0 Å². The molecule has 1 N–H and O–H groups in total. The molecule has 0 aliphatic carbocycles. The molecular formula is C10H16O. The zero-order chi connectivity index (χ0) is 8.36. The average Bonchev–Trinajstić information content (AvgIpc) is 2.03. The molecule has 0 aliphatic rings. The zero-order valence-corrected chi connectivity index (χ0v) is 6.97. The maximum atomic E-state index is 8.43. The molecule has 0 spiro atoms. The van der Waals surface area contributed by atoms with Crippen LogP contribution in [0.2, 0.25) is 0 Å². The quantitative estimate of drug-likeness (QED) is 0.363. The highest BCUT2D eigenvalue weighted by atomic mass is 16.2. The Hall–Kier alpha value is -0.740. The molecule has 0 atom stereocenters. The van der Waals surface area contributed by atoms with E-state index >= 15 is 0 Å². The molecule has 11 heavy (non-hydrogen) atoms. The van der Waals surface area contributed by atoms with Crippen LogP contribution in [0.4, 0.5) is 0 Å². The highest BCUT2D eigenvalue weighted by molar-refractivity contribution is 4.98. The minimum absolute atomic E-state index is 0.251. The number of hydrogen-bond donors (Lipinski definition) is 1. The molecule has 0 bridgehead atoms. The summed E-state index contributed by atoms with van der Waals surface area (Å²) in [5.41, 5.74) is 0. The van der Waals surface area contributed by atoms with Crippen LogP contribution >= 0.6 is 0 Å². The molecule has 0 aromatic carbocycles. The van der Waals surface area contributed by atoms with Gasteiger partial charge in [-0.1, -0.05) is 6.08 Å². The van der Waals surface area contributed by atoms with Crippen molar-refractivity contribution >= 4 is 0 Å². The van der Waals surface area contributed by atoms with E-state index in [0.29, 0.717) is 0 Å². The first-order valence-corrected chi connectivity index (χ1v) is 4.09. The predicted molar refractivity (Wildman–Crippen MR) is 48.1 cm³/mol. The lowest BCUT2D eigenvalue weighted by atomic mass is 10.2. The molecule has 0 fully saturated rings. The van der Waals surface area contributed by atoms with E-state index in [4.69, 9.17) is 5.11 Å². The molecule has 0 aromatic rings. The Labute approximate surface area is 69.1 Å². The van der Waals surface area contributed by atoms with Crippen molar-refractivity contribution in [2.24, 2.45) is 0 Å². The van der Waals surface area contributed by atoms with E-state index in [2.05, 4.69) is 18.4 Å². The Morgan fingerprint density at radius 1 is 1.18 bits per heavy atom.